The second-order valence-corrected chi connectivity index (χ2v) is 9.73. The number of anilines is 1. The topological polar surface area (TPSA) is 94.4 Å². The number of benzene rings is 1. The molecular weight excluding hydrogens is 523 g/mol. The number of halogens is 1. The molecule has 0 radical (unpaired) electrons. The van der Waals surface area contributed by atoms with Gasteiger partial charge in [0.25, 0.3) is 0 Å². The van der Waals surface area contributed by atoms with Gasteiger partial charge in [-0.25, -0.2) is 19.7 Å². The lowest BCUT2D eigenvalue weighted by molar-refractivity contribution is 0.0293. The van der Waals surface area contributed by atoms with Crippen LogP contribution in [0.1, 0.15) is 32.8 Å². The predicted molar refractivity (Wildman–Crippen MR) is 130 cm³/mol. The number of hydrogen-bond donors (Lipinski definition) is 1. The number of fused-ring (bicyclic) bond motifs is 1. The molecule has 2 aromatic heterocycles. The second kappa shape index (κ2) is 9.08. The van der Waals surface area contributed by atoms with Gasteiger partial charge in [-0.3, -0.25) is 4.57 Å². The number of carbonyl (C=O) groups excluding carboxylic acids is 1. The number of nitrogens with zero attached hydrogens (tertiary/aromatic N) is 5. The normalized spacial score (nSPS) is 16.4. The maximum absolute atomic E-state index is 12.4. The molecule has 9 nitrogen and oxygen atoms in total. The van der Waals surface area contributed by atoms with Crippen molar-refractivity contribution >= 4 is 45.7 Å². The number of hydrogen-bond acceptors (Lipinski definition) is 7. The zero-order chi connectivity index (χ0) is 22.9. The van der Waals surface area contributed by atoms with Crippen LogP contribution >= 0.6 is 22.6 Å². The standard InChI is InChI=1S/C22H27IN6O3/c1-22(2,3)32-21(30)28-10-9-15(12-28)26-18-17-19(25-13-24-18)29(20(23)27-17)11-14-5-7-16(31-4)8-6-14/h5-8,13,15H,9-12H2,1-4H3,(H,24,25,26)/t15-/m1/s1. The van der Waals surface area contributed by atoms with Gasteiger partial charge in [-0.2, -0.15) is 0 Å². The Morgan fingerprint density at radius 1 is 1.25 bits per heavy atom. The van der Waals surface area contributed by atoms with E-state index in [0.29, 0.717) is 25.5 Å². The number of likely N-dealkylation sites (tertiary alicyclic amines) is 1. The van der Waals surface area contributed by atoms with E-state index < -0.39 is 5.60 Å². The van der Waals surface area contributed by atoms with Crippen molar-refractivity contribution in [1.29, 1.82) is 0 Å². The van der Waals surface area contributed by atoms with Crippen molar-refractivity contribution in [3.8, 4) is 5.75 Å². The molecule has 10 heteroatoms. The fourth-order valence-electron chi connectivity index (χ4n) is 3.63. The summed E-state index contributed by atoms with van der Waals surface area (Å²) in [5.41, 5.74) is 2.11. The highest BCUT2D eigenvalue weighted by Gasteiger charge is 2.30. The van der Waals surface area contributed by atoms with Crippen LogP contribution in [0.25, 0.3) is 11.2 Å². The molecule has 170 valence electrons. The van der Waals surface area contributed by atoms with Crippen molar-refractivity contribution in [2.75, 3.05) is 25.5 Å². The first-order valence-corrected chi connectivity index (χ1v) is 11.6. The van der Waals surface area contributed by atoms with Gasteiger partial charge >= 0.3 is 6.09 Å². The van der Waals surface area contributed by atoms with Gasteiger partial charge in [0, 0.05) is 41.7 Å². The Kier molecular flexibility index (Phi) is 6.40. The monoisotopic (exact) mass is 550 g/mol. The third-order valence-electron chi connectivity index (χ3n) is 5.17. The SMILES string of the molecule is COc1ccc(Cn2c(I)nc3c(N[C@@H]4CCN(C(=O)OC(C)(C)C)C4)ncnc32)cc1. The Bertz CT molecular complexity index is 1110. The predicted octanol–water partition coefficient (Wildman–Crippen LogP) is 3.91. The van der Waals surface area contributed by atoms with Gasteiger partial charge in [0.15, 0.2) is 20.8 Å². The lowest BCUT2D eigenvalue weighted by Crippen LogP contribution is -2.36. The molecule has 3 heterocycles. The third kappa shape index (κ3) is 5.05. The van der Waals surface area contributed by atoms with Crippen LogP contribution in [0, 0.1) is 3.83 Å². The fourth-order valence-corrected chi connectivity index (χ4v) is 4.27. The minimum atomic E-state index is -0.505. The van der Waals surface area contributed by atoms with Crippen molar-refractivity contribution in [2.24, 2.45) is 0 Å². The maximum Gasteiger partial charge on any atom is 0.410 e. The summed E-state index contributed by atoms with van der Waals surface area (Å²) >= 11 is 2.22. The molecule has 1 amide bonds. The van der Waals surface area contributed by atoms with Crippen molar-refractivity contribution < 1.29 is 14.3 Å². The van der Waals surface area contributed by atoms with E-state index in [1.54, 1.807) is 18.3 Å². The number of imidazole rings is 1. The fraction of sp³-hybridized carbons (Fsp3) is 0.455. The van der Waals surface area contributed by atoms with Gasteiger partial charge in [0.1, 0.15) is 17.7 Å². The molecule has 1 N–H and O–H groups in total. The summed E-state index contributed by atoms with van der Waals surface area (Å²) in [7, 11) is 1.66. The molecule has 0 saturated carbocycles. The zero-order valence-corrected chi connectivity index (χ0v) is 20.8. The largest absolute Gasteiger partial charge is 0.497 e. The molecule has 1 aromatic carbocycles. The van der Waals surface area contributed by atoms with Gasteiger partial charge in [-0.15, -0.1) is 0 Å². The molecule has 0 aliphatic carbocycles. The molecule has 0 unspecified atom stereocenters. The molecule has 4 rings (SSSR count). The summed E-state index contributed by atoms with van der Waals surface area (Å²) in [5, 5.41) is 3.45. The molecule has 1 saturated heterocycles. The van der Waals surface area contributed by atoms with Crippen LogP contribution in [0.3, 0.4) is 0 Å². The number of methoxy groups -OCH3 is 1. The van der Waals surface area contributed by atoms with E-state index in [1.807, 2.05) is 45.0 Å². The summed E-state index contributed by atoms with van der Waals surface area (Å²) in [6.45, 7) is 7.47. The minimum Gasteiger partial charge on any atom is -0.497 e. The summed E-state index contributed by atoms with van der Waals surface area (Å²) in [6, 6.07) is 8.03. The van der Waals surface area contributed by atoms with Gasteiger partial charge in [-0.1, -0.05) is 12.1 Å². The Hall–Kier alpha value is -2.63. The third-order valence-corrected chi connectivity index (χ3v) is 5.99. The average Bonchev–Trinajstić information content (AvgIpc) is 3.33. The minimum absolute atomic E-state index is 0.0741. The lowest BCUT2D eigenvalue weighted by atomic mass is 10.2. The van der Waals surface area contributed by atoms with E-state index in [9.17, 15) is 4.79 Å². The van der Waals surface area contributed by atoms with Crippen LogP contribution in [-0.4, -0.2) is 62.4 Å². The van der Waals surface area contributed by atoms with E-state index in [4.69, 9.17) is 14.5 Å². The first kappa shape index (κ1) is 22.6. The molecule has 32 heavy (non-hydrogen) atoms. The highest BCUT2D eigenvalue weighted by molar-refractivity contribution is 14.1. The Morgan fingerprint density at radius 3 is 2.69 bits per heavy atom. The Labute approximate surface area is 200 Å². The maximum atomic E-state index is 12.4. The van der Waals surface area contributed by atoms with E-state index in [0.717, 1.165) is 32.7 Å². The highest BCUT2D eigenvalue weighted by Crippen LogP contribution is 2.25. The van der Waals surface area contributed by atoms with Crippen LogP contribution in [0.2, 0.25) is 0 Å². The lowest BCUT2D eigenvalue weighted by Gasteiger charge is -2.24. The molecule has 1 aliphatic rings. The van der Waals surface area contributed by atoms with Gasteiger partial charge < -0.3 is 19.7 Å². The van der Waals surface area contributed by atoms with E-state index in [2.05, 4.69) is 42.4 Å². The number of nitrogens with one attached hydrogen (secondary N) is 1. The summed E-state index contributed by atoms with van der Waals surface area (Å²) in [4.78, 5) is 27.7. The number of carbonyl (C=O) groups is 1. The van der Waals surface area contributed by atoms with E-state index in [1.165, 1.54) is 0 Å². The smallest absolute Gasteiger partial charge is 0.410 e. The van der Waals surface area contributed by atoms with Gasteiger partial charge in [-0.05, 0) is 44.9 Å². The van der Waals surface area contributed by atoms with E-state index >= 15 is 0 Å². The molecule has 3 aromatic rings. The zero-order valence-electron chi connectivity index (χ0n) is 18.6. The van der Waals surface area contributed by atoms with Crippen molar-refractivity contribution in [3.05, 3.63) is 40.0 Å². The summed E-state index contributed by atoms with van der Waals surface area (Å²) in [6.07, 6.45) is 2.08. The van der Waals surface area contributed by atoms with Crippen LogP contribution in [0.5, 0.6) is 5.75 Å². The Balaban J connectivity index is 1.50. The number of rotatable bonds is 5. The average molecular weight is 550 g/mol. The summed E-state index contributed by atoms with van der Waals surface area (Å²) in [5.74, 6) is 1.50. The Morgan fingerprint density at radius 2 is 2.00 bits per heavy atom. The highest BCUT2D eigenvalue weighted by atomic mass is 127. The molecule has 0 bridgehead atoms. The van der Waals surface area contributed by atoms with Gasteiger partial charge in [0.05, 0.1) is 13.7 Å². The number of ether oxygens (including phenoxy) is 2. The molecule has 1 aliphatic heterocycles. The summed E-state index contributed by atoms with van der Waals surface area (Å²) < 4.78 is 13.6. The first-order chi connectivity index (χ1) is 15.2. The molecule has 0 spiro atoms. The number of aromatic nitrogens is 4. The quantitative estimate of drug-likeness (QED) is 0.381. The molecular formula is C22H27IN6O3. The van der Waals surface area contributed by atoms with Crippen molar-refractivity contribution in [3.63, 3.8) is 0 Å². The number of amides is 1. The van der Waals surface area contributed by atoms with Crippen molar-refractivity contribution in [2.45, 2.75) is 45.4 Å². The molecule has 1 atom stereocenters. The van der Waals surface area contributed by atoms with Crippen molar-refractivity contribution in [1.82, 2.24) is 24.4 Å². The molecule has 1 fully saturated rings. The first-order valence-electron chi connectivity index (χ1n) is 10.5. The van der Waals surface area contributed by atoms with E-state index in [-0.39, 0.29) is 12.1 Å². The van der Waals surface area contributed by atoms with Gasteiger partial charge in [0.2, 0.25) is 0 Å². The second-order valence-electron chi connectivity index (χ2n) is 8.77. The van der Waals surface area contributed by atoms with Crippen LogP contribution in [0.4, 0.5) is 10.6 Å². The van der Waals surface area contributed by atoms with Crippen LogP contribution < -0.4 is 10.1 Å². The van der Waals surface area contributed by atoms with Crippen LogP contribution in [0.15, 0.2) is 30.6 Å². The van der Waals surface area contributed by atoms with Crippen LogP contribution in [-0.2, 0) is 11.3 Å².